The summed E-state index contributed by atoms with van der Waals surface area (Å²) in [4.78, 5) is 30.8. The fourth-order valence-electron chi connectivity index (χ4n) is 3.89. The molecule has 164 valence electrons. The quantitative estimate of drug-likeness (QED) is 0.609. The Hall–Kier alpha value is -2.51. The highest BCUT2D eigenvalue weighted by atomic mass is 32.2. The van der Waals surface area contributed by atoms with E-state index in [1.54, 1.807) is 23.8 Å². The van der Waals surface area contributed by atoms with Gasteiger partial charge < -0.3 is 19.3 Å². The van der Waals surface area contributed by atoms with E-state index in [4.69, 9.17) is 9.47 Å². The first-order valence-electron chi connectivity index (χ1n) is 10.6. The van der Waals surface area contributed by atoms with Gasteiger partial charge in [0.1, 0.15) is 5.75 Å². The first-order chi connectivity index (χ1) is 15.0. The number of benzene rings is 2. The van der Waals surface area contributed by atoms with Crippen LogP contribution in [0.2, 0.25) is 0 Å². The molecular formula is C24H28N2O4S. The van der Waals surface area contributed by atoms with Crippen LogP contribution in [0.1, 0.15) is 30.6 Å². The molecule has 6 nitrogen and oxygen atoms in total. The first kappa shape index (κ1) is 21.7. The van der Waals surface area contributed by atoms with E-state index in [-0.39, 0.29) is 11.2 Å². The first-order valence-corrected chi connectivity index (χ1v) is 11.4. The summed E-state index contributed by atoms with van der Waals surface area (Å²) >= 11 is 1.56. The molecule has 0 spiro atoms. The van der Waals surface area contributed by atoms with E-state index in [0.29, 0.717) is 12.6 Å². The van der Waals surface area contributed by atoms with Gasteiger partial charge in [0.2, 0.25) is 0 Å². The zero-order chi connectivity index (χ0) is 22.0. The van der Waals surface area contributed by atoms with Crippen LogP contribution in [-0.2, 0) is 14.3 Å². The molecular weight excluding hydrogens is 412 g/mol. The number of rotatable bonds is 7. The number of hydrogen-bond acceptors (Lipinski definition) is 6. The average molecular weight is 441 g/mol. The minimum absolute atomic E-state index is 0.183. The van der Waals surface area contributed by atoms with Gasteiger partial charge in [0.25, 0.3) is 5.91 Å². The van der Waals surface area contributed by atoms with Crippen LogP contribution < -0.4 is 9.64 Å². The van der Waals surface area contributed by atoms with Crippen molar-refractivity contribution in [1.29, 1.82) is 0 Å². The van der Waals surface area contributed by atoms with E-state index in [1.165, 1.54) is 19.8 Å². The second-order valence-electron chi connectivity index (χ2n) is 8.01. The summed E-state index contributed by atoms with van der Waals surface area (Å²) in [6.07, 6.45) is 1.52. The number of hydrogen-bond donors (Lipinski definition) is 0. The minimum atomic E-state index is -0.908. The number of thioether (sulfide) groups is 1. The number of carbonyl (C=O) groups excluding carboxylic acids is 2. The molecule has 4 rings (SSSR count). The van der Waals surface area contributed by atoms with E-state index >= 15 is 0 Å². The fourth-order valence-corrected chi connectivity index (χ4v) is 5.21. The molecule has 31 heavy (non-hydrogen) atoms. The minimum Gasteiger partial charge on any atom is -0.497 e. The number of para-hydroxylation sites is 1. The average Bonchev–Trinajstić information content (AvgIpc) is 3.62. The predicted octanol–water partition coefficient (Wildman–Crippen LogP) is 3.90. The van der Waals surface area contributed by atoms with Gasteiger partial charge in [-0.15, -0.1) is 11.8 Å². The molecule has 1 saturated carbocycles. The van der Waals surface area contributed by atoms with Gasteiger partial charge in [0.05, 0.1) is 18.0 Å². The van der Waals surface area contributed by atoms with Gasteiger partial charge >= 0.3 is 5.97 Å². The van der Waals surface area contributed by atoms with Crippen LogP contribution in [0.3, 0.4) is 0 Å². The Kier molecular flexibility index (Phi) is 6.53. The zero-order valence-electron chi connectivity index (χ0n) is 18.1. The third-order valence-electron chi connectivity index (χ3n) is 5.78. The standard InChI is InChI=1S/C24H28N2O4S/c1-16(27)30-22-23(17-8-12-19(29-3)13-9-17)31-21-7-5-4-6-20(21)26(24(22)28)15-14-25(2)18-10-11-18/h4-9,12-13,18,22-23H,10-11,14-15H2,1-3H3. The number of carbonyl (C=O) groups is 2. The number of likely N-dealkylation sites (N-methyl/N-ethyl adjacent to an activating group) is 1. The number of nitrogens with zero attached hydrogens (tertiary/aromatic N) is 2. The van der Waals surface area contributed by atoms with Crippen LogP contribution in [0.15, 0.2) is 53.4 Å². The third kappa shape index (κ3) is 4.88. The lowest BCUT2D eigenvalue weighted by molar-refractivity contribution is -0.152. The Morgan fingerprint density at radius 1 is 1.16 bits per heavy atom. The highest BCUT2D eigenvalue weighted by Crippen LogP contribution is 2.46. The van der Waals surface area contributed by atoms with Crippen LogP contribution in [0.25, 0.3) is 0 Å². The number of amides is 1. The molecule has 1 aliphatic carbocycles. The molecule has 1 aliphatic heterocycles. The topological polar surface area (TPSA) is 59.1 Å². The Morgan fingerprint density at radius 2 is 1.87 bits per heavy atom. The molecule has 1 fully saturated rings. The monoisotopic (exact) mass is 440 g/mol. The van der Waals surface area contributed by atoms with E-state index in [9.17, 15) is 9.59 Å². The van der Waals surface area contributed by atoms with Crippen molar-refractivity contribution in [3.8, 4) is 5.75 Å². The lowest BCUT2D eigenvalue weighted by atomic mass is 10.1. The molecule has 0 saturated heterocycles. The van der Waals surface area contributed by atoms with Crippen LogP contribution in [0.4, 0.5) is 5.69 Å². The molecule has 0 radical (unpaired) electrons. The van der Waals surface area contributed by atoms with Crippen LogP contribution >= 0.6 is 11.8 Å². The van der Waals surface area contributed by atoms with Crippen LogP contribution in [-0.4, -0.2) is 56.2 Å². The molecule has 0 bridgehead atoms. The van der Waals surface area contributed by atoms with Gasteiger partial charge in [0, 0.05) is 31.0 Å². The van der Waals surface area contributed by atoms with Gasteiger partial charge in [-0.25, -0.2) is 0 Å². The highest BCUT2D eigenvalue weighted by molar-refractivity contribution is 7.99. The second kappa shape index (κ2) is 9.32. The molecule has 2 unspecified atom stereocenters. The molecule has 1 amide bonds. The lowest BCUT2D eigenvalue weighted by Crippen LogP contribution is -2.45. The maximum Gasteiger partial charge on any atom is 0.303 e. The molecule has 1 heterocycles. The Morgan fingerprint density at radius 3 is 2.52 bits per heavy atom. The van der Waals surface area contributed by atoms with Gasteiger partial charge in [-0.1, -0.05) is 24.3 Å². The fraction of sp³-hybridized carbons (Fsp3) is 0.417. The van der Waals surface area contributed by atoms with Crippen molar-refractivity contribution < 1.29 is 19.1 Å². The van der Waals surface area contributed by atoms with Gasteiger partial charge in [-0.05, 0) is 49.7 Å². The highest BCUT2D eigenvalue weighted by Gasteiger charge is 2.41. The van der Waals surface area contributed by atoms with Gasteiger partial charge in [-0.3, -0.25) is 9.59 Å². The Balaban J connectivity index is 1.70. The number of fused-ring (bicyclic) bond motifs is 1. The molecule has 2 aromatic carbocycles. The summed E-state index contributed by atoms with van der Waals surface area (Å²) in [7, 11) is 3.72. The summed E-state index contributed by atoms with van der Waals surface area (Å²) < 4.78 is 10.9. The number of methoxy groups -OCH3 is 1. The van der Waals surface area contributed by atoms with E-state index in [1.807, 2.05) is 48.5 Å². The van der Waals surface area contributed by atoms with Crippen molar-refractivity contribution in [1.82, 2.24) is 4.90 Å². The van der Waals surface area contributed by atoms with Crippen molar-refractivity contribution in [2.75, 3.05) is 32.1 Å². The molecule has 7 heteroatoms. The van der Waals surface area contributed by atoms with Crippen molar-refractivity contribution in [2.24, 2.45) is 0 Å². The summed E-state index contributed by atoms with van der Waals surface area (Å²) in [6.45, 7) is 2.68. The second-order valence-corrected chi connectivity index (χ2v) is 9.19. The zero-order valence-corrected chi connectivity index (χ0v) is 18.9. The molecule has 0 aromatic heterocycles. The van der Waals surface area contributed by atoms with Crippen molar-refractivity contribution in [3.05, 3.63) is 54.1 Å². The maximum atomic E-state index is 13.7. The number of anilines is 1. The van der Waals surface area contributed by atoms with Crippen LogP contribution in [0.5, 0.6) is 5.75 Å². The summed E-state index contributed by atoms with van der Waals surface area (Å²) in [6, 6.07) is 16.1. The van der Waals surface area contributed by atoms with Gasteiger partial charge in [-0.2, -0.15) is 0 Å². The van der Waals surface area contributed by atoms with E-state index in [2.05, 4.69) is 11.9 Å². The Labute approximate surface area is 187 Å². The maximum absolute atomic E-state index is 13.7. The van der Waals surface area contributed by atoms with Gasteiger partial charge in [0.15, 0.2) is 6.10 Å². The van der Waals surface area contributed by atoms with Crippen molar-refractivity contribution >= 4 is 29.3 Å². The Bertz CT molecular complexity index is 945. The smallest absolute Gasteiger partial charge is 0.303 e. The van der Waals surface area contributed by atoms with Crippen molar-refractivity contribution in [3.63, 3.8) is 0 Å². The third-order valence-corrected chi connectivity index (χ3v) is 7.15. The van der Waals surface area contributed by atoms with Crippen molar-refractivity contribution in [2.45, 2.75) is 42.1 Å². The van der Waals surface area contributed by atoms with E-state index in [0.717, 1.165) is 28.4 Å². The largest absolute Gasteiger partial charge is 0.497 e. The molecule has 2 aromatic rings. The normalized spacial score (nSPS) is 20.9. The number of ether oxygens (including phenoxy) is 2. The summed E-state index contributed by atoms with van der Waals surface area (Å²) in [5, 5.41) is -0.352. The summed E-state index contributed by atoms with van der Waals surface area (Å²) in [5.74, 6) is 0.0963. The lowest BCUT2D eigenvalue weighted by Gasteiger charge is -2.29. The SMILES string of the molecule is COc1ccc(C2Sc3ccccc3N(CCN(C)C3CC3)C(=O)C2OC(C)=O)cc1. The molecule has 2 aliphatic rings. The van der Waals surface area contributed by atoms with Crippen LogP contribution in [0, 0.1) is 0 Å². The number of esters is 1. The predicted molar refractivity (Wildman–Crippen MR) is 122 cm³/mol. The summed E-state index contributed by atoms with van der Waals surface area (Å²) in [5.41, 5.74) is 1.78. The molecule has 0 N–H and O–H groups in total. The molecule has 2 atom stereocenters. The van der Waals surface area contributed by atoms with E-state index < -0.39 is 12.1 Å².